The van der Waals surface area contributed by atoms with E-state index in [9.17, 15) is 0 Å². The van der Waals surface area contributed by atoms with E-state index in [1.54, 1.807) is 0 Å². The number of fused-ring (bicyclic) bond motifs is 15. The van der Waals surface area contributed by atoms with Crippen molar-refractivity contribution in [1.82, 2.24) is 29.9 Å². The molecule has 0 fully saturated rings. The van der Waals surface area contributed by atoms with Gasteiger partial charge in [-0.3, -0.25) is 9.97 Å². The van der Waals surface area contributed by atoms with Crippen LogP contribution in [0.15, 0.2) is 304 Å². The van der Waals surface area contributed by atoms with E-state index >= 15 is 0 Å². The lowest BCUT2D eigenvalue weighted by Gasteiger charge is -2.21. The quantitative estimate of drug-likeness (QED) is 0.117. The largest absolute Gasteiger partial charge is 0.256 e. The van der Waals surface area contributed by atoms with E-state index < -0.39 is 0 Å². The van der Waals surface area contributed by atoms with E-state index in [1.165, 1.54) is 103 Å². The van der Waals surface area contributed by atoms with Crippen LogP contribution in [0.1, 0.15) is 22.3 Å². The Labute approximate surface area is 566 Å². The van der Waals surface area contributed by atoms with Crippen molar-refractivity contribution in [3.05, 3.63) is 326 Å². The first-order chi connectivity index (χ1) is 48.3. The lowest BCUT2D eigenvalue weighted by Crippen LogP contribution is -1.99. The van der Waals surface area contributed by atoms with E-state index in [1.807, 2.05) is 36.7 Å². The Morgan fingerprint density at radius 2 is 0.510 bits per heavy atom. The molecule has 6 heterocycles. The highest BCUT2D eigenvalue weighted by Gasteiger charge is 2.26. The molecule has 0 unspecified atom stereocenters. The van der Waals surface area contributed by atoms with Crippen LogP contribution >= 0.6 is 0 Å². The molecule has 0 spiro atoms. The minimum Gasteiger partial charge on any atom is -0.256 e. The first-order valence-electron chi connectivity index (χ1n) is 33.5. The molecule has 0 N–H and O–H groups in total. The summed E-state index contributed by atoms with van der Waals surface area (Å²) in [7, 11) is 0. The van der Waals surface area contributed by atoms with Gasteiger partial charge in [0.2, 0.25) is 0 Å². The maximum atomic E-state index is 5.47. The van der Waals surface area contributed by atoms with Crippen LogP contribution in [0.5, 0.6) is 0 Å². The van der Waals surface area contributed by atoms with Gasteiger partial charge >= 0.3 is 0 Å². The number of aryl methyl sites for hydroxylation is 4. The summed E-state index contributed by atoms with van der Waals surface area (Å²) in [6, 6.07) is 103. The Bertz CT molecular complexity index is 6280. The molecule has 98 heavy (non-hydrogen) atoms. The second-order valence-corrected chi connectivity index (χ2v) is 25.6. The molecule has 0 radical (unpaired) electrons. The molecule has 6 aromatic heterocycles. The maximum absolute atomic E-state index is 5.47. The molecule has 6 nitrogen and oxygen atoms in total. The minimum absolute atomic E-state index is 0.942. The van der Waals surface area contributed by atoms with Crippen LogP contribution in [-0.4, -0.2) is 29.9 Å². The molecule has 460 valence electrons. The first-order valence-corrected chi connectivity index (χ1v) is 33.5. The summed E-state index contributed by atoms with van der Waals surface area (Å²) in [5, 5.41) is 19.3. The zero-order valence-electron chi connectivity index (χ0n) is 54.6. The van der Waals surface area contributed by atoms with E-state index in [2.05, 4.69) is 305 Å². The number of benzene rings is 13. The van der Waals surface area contributed by atoms with Crippen molar-refractivity contribution >= 4 is 108 Å². The molecule has 0 aliphatic rings. The molecular weight excluding hydrogens is 1190 g/mol. The topological polar surface area (TPSA) is 77.3 Å². The van der Waals surface area contributed by atoms with Crippen LogP contribution in [-0.2, 0) is 0 Å². The van der Waals surface area contributed by atoms with Gasteiger partial charge in [-0.2, -0.15) is 0 Å². The van der Waals surface area contributed by atoms with Crippen molar-refractivity contribution in [2.24, 2.45) is 0 Å². The summed E-state index contributed by atoms with van der Waals surface area (Å²) in [6.45, 7) is 9.08. The van der Waals surface area contributed by atoms with Gasteiger partial charge in [-0.1, -0.05) is 218 Å². The smallest absolute Gasteiger partial charge is 0.0791 e. The van der Waals surface area contributed by atoms with Crippen LogP contribution in [0.3, 0.4) is 0 Å². The number of pyridine rings is 6. The lowest BCUT2D eigenvalue weighted by molar-refractivity contribution is 1.32. The lowest BCUT2D eigenvalue weighted by atomic mass is 9.85. The zero-order chi connectivity index (χ0) is 65.5. The number of aromatic nitrogens is 6. The van der Waals surface area contributed by atoms with Gasteiger partial charge in [-0.15, -0.1) is 0 Å². The Morgan fingerprint density at radius 3 is 0.918 bits per heavy atom. The predicted molar refractivity (Wildman–Crippen MR) is 412 cm³/mol. The molecule has 13 aromatic carbocycles. The molecule has 0 amide bonds. The zero-order valence-corrected chi connectivity index (χ0v) is 54.6. The van der Waals surface area contributed by atoms with Crippen molar-refractivity contribution in [3.63, 3.8) is 0 Å². The fourth-order valence-corrected chi connectivity index (χ4v) is 15.6. The van der Waals surface area contributed by atoms with Gasteiger partial charge in [-0.25, -0.2) is 19.9 Å². The molecule has 6 heteroatoms. The maximum Gasteiger partial charge on any atom is 0.0791 e. The third kappa shape index (κ3) is 9.55. The summed E-state index contributed by atoms with van der Waals surface area (Å²) >= 11 is 0. The van der Waals surface area contributed by atoms with Gasteiger partial charge in [0.1, 0.15) is 0 Å². The average molecular weight is 1250 g/mol. The minimum atomic E-state index is 0.942. The van der Waals surface area contributed by atoms with Crippen molar-refractivity contribution in [3.8, 4) is 78.7 Å². The van der Waals surface area contributed by atoms with Crippen LogP contribution in [0.4, 0.5) is 0 Å². The number of hydrogen-bond acceptors (Lipinski definition) is 6. The van der Waals surface area contributed by atoms with Crippen LogP contribution < -0.4 is 0 Å². The van der Waals surface area contributed by atoms with Gasteiger partial charge in [0.25, 0.3) is 0 Å². The standard InChI is InChI=1S/C48H32N2.C44H30N4/c1-29-44-39-24-11-13-26-42(39)50-48(34-19-14-18-32(27-34)40-28-33-17-6-7-20-35(33)36-21-8-9-22-37(36)40)46(44)30(2)43-38-23-10-12-25-41(38)49-47(45(29)43)31-15-4-3-5-16-31;1-27-39-33-17-3-5-21-37(33)48-44(32-16-12-14-30(26-32)36-20-8-10-24-46-36)42(39)28(2)40-34-18-4-6-22-38(34)47-43(41(27)40)31-15-11-13-29(25-31)35-19-7-9-23-45-35/h3-28H,1-2H3;3-26H,1-2H3. The molecule has 0 saturated carbocycles. The Morgan fingerprint density at radius 1 is 0.204 bits per heavy atom. The molecule has 19 aromatic rings. The molecule has 0 saturated heterocycles. The van der Waals surface area contributed by atoms with Crippen molar-refractivity contribution in [2.75, 3.05) is 0 Å². The molecular formula is C92H62N6. The van der Waals surface area contributed by atoms with E-state index in [-0.39, 0.29) is 0 Å². The monoisotopic (exact) mass is 1250 g/mol. The molecule has 0 aliphatic heterocycles. The summed E-state index contributed by atoms with van der Waals surface area (Å²) in [4.78, 5) is 30.8. The highest BCUT2D eigenvalue weighted by Crippen LogP contribution is 2.49. The van der Waals surface area contributed by atoms with Gasteiger partial charge in [0.15, 0.2) is 0 Å². The predicted octanol–water partition coefficient (Wildman–Crippen LogP) is 24.2. The SMILES string of the molecule is Cc1c2c(-c3cccc(-c4cc5ccccc5c5ccccc45)c3)nc3ccccc3c2c(C)c2c(-c3ccccc3)nc3ccccc3c12.Cc1c2c(-c3cccc(-c4ccccn4)c3)nc3ccccc3c2c(C)c2c(-c3cccc(-c4ccccn4)c3)nc3ccccc3c12. The third-order valence-electron chi connectivity index (χ3n) is 20.0. The van der Waals surface area contributed by atoms with Crippen molar-refractivity contribution in [2.45, 2.75) is 27.7 Å². The van der Waals surface area contributed by atoms with E-state index in [0.29, 0.717) is 0 Å². The highest BCUT2D eigenvalue weighted by molar-refractivity contribution is 6.28. The van der Waals surface area contributed by atoms with E-state index in [0.717, 1.165) is 106 Å². The van der Waals surface area contributed by atoms with Crippen LogP contribution in [0, 0.1) is 27.7 Å². The van der Waals surface area contributed by atoms with Gasteiger partial charge in [0.05, 0.1) is 56.2 Å². The Kier molecular flexibility index (Phi) is 14.0. The number of nitrogens with zero attached hydrogens (tertiary/aromatic N) is 6. The fourth-order valence-electron chi connectivity index (χ4n) is 15.6. The molecule has 0 atom stereocenters. The number of para-hydroxylation sites is 4. The molecule has 0 bridgehead atoms. The fraction of sp³-hybridized carbons (Fsp3) is 0.0435. The highest BCUT2D eigenvalue weighted by atomic mass is 14.7. The summed E-state index contributed by atoms with van der Waals surface area (Å²) in [5.74, 6) is 0. The normalized spacial score (nSPS) is 11.7. The van der Waals surface area contributed by atoms with E-state index in [4.69, 9.17) is 19.9 Å². The second kappa shape index (κ2) is 23.7. The summed E-state index contributed by atoms with van der Waals surface area (Å²) in [6.07, 6.45) is 3.68. The van der Waals surface area contributed by atoms with Crippen molar-refractivity contribution in [1.29, 1.82) is 0 Å². The number of rotatable bonds is 7. The number of hydrogen-bond donors (Lipinski definition) is 0. The Hall–Kier alpha value is -12.6. The molecule has 0 aliphatic carbocycles. The van der Waals surface area contributed by atoms with Gasteiger partial charge in [-0.05, 0) is 177 Å². The second-order valence-electron chi connectivity index (χ2n) is 25.6. The van der Waals surface area contributed by atoms with Gasteiger partial charge < -0.3 is 0 Å². The van der Waals surface area contributed by atoms with Gasteiger partial charge in [0, 0.05) is 88.9 Å². The van der Waals surface area contributed by atoms with Crippen LogP contribution in [0.2, 0.25) is 0 Å². The summed E-state index contributed by atoms with van der Waals surface area (Å²) < 4.78 is 0. The van der Waals surface area contributed by atoms with Crippen LogP contribution in [0.25, 0.3) is 187 Å². The average Bonchev–Trinajstić information content (AvgIpc) is 0.714. The summed E-state index contributed by atoms with van der Waals surface area (Å²) in [5.41, 5.74) is 23.6. The Balaban J connectivity index is 0.000000142. The first kappa shape index (κ1) is 58.0. The van der Waals surface area contributed by atoms with Crippen molar-refractivity contribution < 1.29 is 0 Å². The molecule has 19 rings (SSSR count). The third-order valence-corrected chi connectivity index (χ3v) is 20.0.